The minimum Gasteiger partial charge on any atom is -0.485 e. The molecule has 218 valence electrons. The molecule has 0 radical (unpaired) electrons. The molecule has 5 heterocycles. The Morgan fingerprint density at radius 3 is 2.67 bits per heavy atom. The highest BCUT2D eigenvalue weighted by Crippen LogP contribution is 2.44. The van der Waals surface area contributed by atoms with E-state index in [2.05, 4.69) is 16.0 Å². The number of rotatable bonds is 7. The zero-order valence-electron chi connectivity index (χ0n) is 22.8. The number of pyridine rings is 1. The maximum absolute atomic E-state index is 14.0. The van der Waals surface area contributed by atoms with Gasteiger partial charge in [0, 0.05) is 12.2 Å². The topological polar surface area (TPSA) is 98.9 Å². The second kappa shape index (κ2) is 11.2. The summed E-state index contributed by atoms with van der Waals surface area (Å²) in [4.78, 5) is 23.2. The van der Waals surface area contributed by atoms with Crippen LogP contribution in [0.1, 0.15) is 58.7 Å². The van der Waals surface area contributed by atoms with E-state index in [9.17, 15) is 14.3 Å². The van der Waals surface area contributed by atoms with Crippen LogP contribution in [0.5, 0.6) is 11.5 Å². The van der Waals surface area contributed by atoms with Gasteiger partial charge in [-0.05, 0) is 74.2 Å². The lowest BCUT2D eigenvalue weighted by molar-refractivity contribution is -0.0593. The minimum absolute atomic E-state index is 0.00887. The molecule has 2 atom stereocenters. The van der Waals surface area contributed by atoms with E-state index in [1.165, 1.54) is 18.2 Å². The number of imidazole rings is 1. The molecular formula is C31H30ClFN4O5. The van der Waals surface area contributed by atoms with E-state index >= 15 is 0 Å². The number of benzene rings is 2. The largest absolute Gasteiger partial charge is 0.485 e. The highest BCUT2D eigenvalue weighted by Gasteiger charge is 2.31. The average Bonchev–Trinajstić information content (AvgIpc) is 3.32. The molecule has 42 heavy (non-hydrogen) atoms. The Morgan fingerprint density at radius 1 is 1.10 bits per heavy atom. The van der Waals surface area contributed by atoms with E-state index in [1.54, 1.807) is 12.1 Å². The number of nitrogens with zero attached hydrogens (tertiary/aromatic N) is 4. The lowest BCUT2D eigenvalue weighted by Gasteiger charge is -2.35. The van der Waals surface area contributed by atoms with Gasteiger partial charge in [0.05, 0.1) is 24.2 Å². The van der Waals surface area contributed by atoms with E-state index in [0.717, 1.165) is 56.1 Å². The van der Waals surface area contributed by atoms with Gasteiger partial charge in [-0.3, -0.25) is 4.90 Å². The molecule has 2 saturated heterocycles. The Balaban J connectivity index is 1.05. The molecular weight excluding hydrogens is 563 g/mol. The summed E-state index contributed by atoms with van der Waals surface area (Å²) in [5.41, 5.74) is 3.10. The summed E-state index contributed by atoms with van der Waals surface area (Å²) in [6.07, 6.45) is 2.53. The van der Waals surface area contributed by atoms with Gasteiger partial charge in [0.25, 0.3) is 0 Å². The molecule has 2 aromatic heterocycles. The first-order valence-corrected chi connectivity index (χ1v) is 14.6. The molecule has 0 bridgehead atoms. The number of piperidine rings is 1. The highest BCUT2D eigenvalue weighted by molar-refractivity contribution is 6.30. The summed E-state index contributed by atoms with van der Waals surface area (Å²) in [6.45, 7) is 4.03. The van der Waals surface area contributed by atoms with Crippen LogP contribution in [0.15, 0.2) is 48.5 Å². The van der Waals surface area contributed by atoms with Crippen molar-refractivity contribution < 1.29 is 28.5 Å². The fourth-order valence-electron chi connectivity index (χ4n) is 6.04. The Kier molecular flexibility index (Phi) is 7.21. The van der Waals surface area contributed by atoms with Crippen LogP contribution in [0.25, 0.3) is 11.2 Å². The van der Waals surface area contributed by atoms with E-state index in [-0.39, 0.29) is 16.8 Å². The maximum atomic E-state index is 14.0. The zero-order valence-corrected chi connectivity index (χ0v) is 23.6. The van der Waals surface area contributed by atoms with Crippen molar-refractivity contribution in [2.75, 3.05) is 26.3 Å². The molecule has 7 rings (SSSR count). The number of fused-ring (bicyclic) bond motifs is 2. The van der Waals surface area contributed by atoms with Crippen molar-refractivity contribution in [3.63, 3.8) is 0 Å². The molecule has 4 aromatic rings. The van der Waals surface area contributed by atoms with Crippen molar-refractivity contribution in [2.45, 2.75) is 50.5 Å². The molecule has 0 amide bonds. The molecule has 0 aliphatic carbocycles. The van der Waals surface area contributed by atoms with Crippen molar-refractivity contribution in [3.8, 4) is 11.5 Å². The van der Waals surface area contributed by atoms with Crippen molar-refractivity contribution in [2.24, 2.45) is 0 Å². The molecule has 0 saturated carbocycles. The van der Waals surface area contributed by atoms with E-state index in [4.69, 9.17) is 30.8 Å². The quantitative estimate of drug-likeness (QED) is 0.296. The van der Waals surface area contributed by atoms with E-state index in [0.29, 0.717) is 48.1 Å². The van der Waals surface area contributed by atoms with Crippen LogP contribution >= 0.6 is 11.6 Å². The van der Waals surface area contributed by atoms with Crippen LogP contribution in [0.4, 0.5) is 4.39 Å². The summed E-state index contributed by atoms with van der Waals surface area (Å²) in [6, 6.07) is 13.9. The standard InChI is InChI=1S/C31H30ClFN4O5/c32-22-5-4-19(14-23(22)33)27-17-41-29-21(2-1-3-26(29)42-27)18-8-11-36(12-9-18)16-28-34-24-6-7-25(31(38)39)35-30(24)37(28)15-20-10-13-40-20/h1-7,14,18,20,27H,8-13,15-17H2,(H,38,39). The molecule has 0 spiro atoms. The summed E-state index contributed by atoms with van der Waals surface area (Å²) < 4.78 is 34.2. The number of carbonyl (C=O) groups is 1. The van der Waals surface area contributed by atoms with Crippen molar-refractivity contribution in [3.05, 3.63) is 82.0 Å². The van der Waals surface area contributed by atoms with Crippen LogP contribution in [0.3, 0.4) is 0 Å². The third-order valence-electron chi connectivity index (χ3n) is 8.44. The van der Waals surface area contributed by atoms with Gasteiger partial charge in [-0.25, -0.2) is 19.2 Å². The summed E-state index contributed by atoms with van der Waals surface area (Å²) >= 11 is 5.85. The maximum Gasteiger partial charge on any atom is 0.354 e. The molecule has 3 aliphatic heterocycles. The molecule has 2 unspecified atom stereocenters. The predicted molar refractivity (Wildman–Crippen MR) is 153 cm³/mol. The number of likely N-dealkylation sites (tertiary alicyclic amines) is 1. The number of halogens is 2. The smallest absolute Gasteiger partial charge is 0.354 e. The van der Waals surface area contributed by atoms with Gasteiger partial charge in [-0.1, -0.05) is 29.8 Å². The van der Waals surface area contributed by atoms with Gasteiger partial charge in [0.2, 0.25) is 0 Å². The number of aromatic carboxylic acids is 1. The number of ether oxygens (including phenoxy) is 3. The van der Waals surface area contributed by atoms with Crippen LogP contribution in [-0.2, 0) is 17.8 Å². The van der Waals surface area contributed by atoms with Gasteiger partial charge < -0.3 is 23.9 Å². The third kappa shape index (κ3) is 5.19. The lowest BCUT2D eigenvalue weighted by Crippen LogP contribution is -2.35. The minimum atomic E-state index is -1.06. The molecule has 2 aromatic carbocycles. The number of hydrogen-bond donors (Lipinski definition) is 1. The van der Waals surface area contributed by atoms with Gasteiger partial charge in [0.15, 0.2) is 28.9 Å². The van der Waals surface area contributed by atoms with Crippen molar-refractivity contribution >= 4 is 28.7 Å². The number of para-hydroxylation sites is 1. The molecule has 9 nitrogen and oxygen atoms in total. The van der Waals surface area contributed by atoms with Crippen molar-refractivity contribution in [1.82, 2.24) is 19.4 Å². The normalized spacial score (nSPS) is 20.9. The SMILES string of the molecule is O=C(O)c1ccc2nc(CN3CCC(c4cccc5c4OCC(c4ccc(Cl)c(F)c4)O5)CC3)n(CC3CCO3)c2n1. The average molecular weight is 593 g/mol. The summed E-state index contributed by atoms with van der Waals surface area (Å²) in [5, 5.41) is 9.54. The number of aromatic nitrogens is 3. The number of hydrogen-bond acceptors (Lipinski definition) is 7. The van der Waals surface area contributed by atoms with Crippen LogP contribution in [-0.4, -0.2) is 62.9 Å². The van der Waals surface area contributed by atoms with Gasteiger partial charge >= 0.3 is 5.97 Å². The first-order valence-electron chi connectivity index (χ1n) is 14.2. The summed E-state index contributed by atoms with van der Waals surface area (Å²) in [5.74, 6) is 1.09. The lowest BCUT2D eigenvalue weighted by atomic mass is 9.88. The van der Waals surface area contributed by atoms with Crippen LogP contribution in [0.2, 0.25) is 5.02 Å². The number of carboxylic acid groups (broad SMARTS) is 1. The second-order valence-electron chi connectivity index (χ2n) is 11.1. The Labute approximate surface area is 246 Å². The van der Waals surface area contributed by atoms with Crippen LogP contribution in [0, 0.1) is 5.82 Å². The Hall–Kier alpha value is -3.73. The Bertz CT molecular complexity index is 1650. The molecule has 3 aliphatic rings. The molecule has 2 fully saturated rings. The second-order valence-corrected chi connectivity index (χ2v) is 11.5. The van der Waals surface area contributed by atoms with E-state index < -0.39 is 17.9 Å². The third-order valence-corrected chi connectivity index (χ3v) is 8.74. The van der Waals surface area contributed by atoms with Gasteiger partial charge in [-0.15, -0.1) is 0 Å². The van der Waals surface area contributed by atoms with Gasteiger partial charge in [0.1, 0.15) is 23.8 Å². The monoisotopic (exact) mass is 592 g/mol. The fraction of sp³-hybridized carbons (Fsp3) is 0.387. The number of carboxylic acids is 1. The first kappa shape index (κ1) is 27.1. The zero-order chi connectivity index (χ0) is 28.8. The fourth-order valence-corrected chi connectivity index (χ4v) is 6.16. The summed E-state index contributed by atoms with van der Waals surface area (Å²) in [7, 11) is 0. The van der Waals surface area contributed by atoms with Crippen LogP contribution < -0.4 is 9.47 Å². The van der Waals surface area contributed by atoms with Crippen molar-refractivity contribution in [1.29, 1.82) is 0 Å². The molecule has 11 heteroatoms. The van der Waals surface area contributed by atoms with E-state index in [1.807, 2.05) is 16.7 Å². The molecule has 1 N–H and O–H groups in total. The Morgan fingerprint density at radius 2 is 1.93 bits per heavy atom. The first-order chi connectivity index (χ1) is 20.4. The van der Waals surface area contributed by atoms with Gasteiger partial charge in [-0.2, -0.15) is 0 Å². The predicted octanol–water partition coefficient (Wildman–Crippen LogP) is 5.60. The highest BCUT2D eigenvalue weighted by atomic mass is 35.5.